The molecule has 0 aliphatic carbocycles. The third-order valence-corrected chi connectivity index (χ3v) is 4.89. The first-order chi connectivity index (χ1) is 8.99. The van der Waals surface area contributed by atoms with E-state index in [2.05, 4.69) is 4.72 Å². The lowest BCUT2D eigenvalue weighted by Gasteiger charge is -2.11. The molecule has 0 aromatic heterocycles. The summed E-state index contributed by atoms with van der Waals surface area (Å²) in [4.78, 5) is 0.0303. The lowest BCUT2D eigenvalue weighted by Crippen LogP contribution is -2.27. The van der Waals surface area contributed by atoms with E-state index in [1.54, 1.807) is 6.07 Å². The van der Waals surface area contributed by atoms with Crippen LogP contribution in [0.2, 0.25) is 5.02 Å². The Balaban J connectivity index is 1.99. The molecule has 3 N–H and O–H groups in total. The summed E-state index contributed by atoms with van der Waals surface area (Å²) in [5.74, 6) is 0.430. The van der Waals surface area contributed by atoms with E-state index >= 15 is 0 Å². The standard InChI is InChI=1S/C12H17ClN2O3S/c13-10-1-2-11(14)12(7-10)19(16,17)15-5-3-9-4-6-18-8-9/h1-2,7,9,15H,3-6,8,14H2. The molecule has 0 amide bonds. The number of benzene rings is 1. The maximum atomic E-state index is 12.1. The van der Waals surface area contributed by atoms with Crippen molar-refractivity contribution in [3.8, 4) is 0 Å². The van der Waals surface area contributed by atoms with Crippen LogP contribution in [0.3, 0.4) is 0 Å². The lowest BCUT2D eigenvalue weighted by atomic mass is 10.1. The summed E-state index contributed by atoms with van der Waals surface area (Å²) >= 11 is 5.80. The number of hydrogen-bond donors (Lipinski definition) is 2. The highest BCUT2D eigenvalue weighted by Gasteiger charge is 2.20. The number of nitrogen functional groups attached to an aromatic ring is 1. The molecule has 1 aliphatic rings. The van der Waals surface area contributed by atoms with Gasteiger partial charge < -0.3 is 10.5 Å². The summed E-state index contributed by atoms with van der Waals surface area (Å²) in [6.07, 6.45) is 1.75. The zero-order chi connectivity index (χ0) is 13.9. The fourth-order valence-electron chi connectivity index (χ4n) is 2.03. The Morgan fingerprint density at radius 2 is 2.26 bits per heavy atom. The monoisotopic (exact) mass is 304 g/mol. The van der Waals surface area contributed by atoms with Gasteiger partial charge in [-0.25, -0.2) is 13.1 Å². The van der Waals surface area contributed by atoms with Gasteiger partial charge in [0.25, 0.3) is 0 Å². The lowest BCUT2D eigenvalue weighted by molar-refractivity contribution is 0.184. The van der Waals surface area contributed by atoms with Crippen LogP contribution < -0.4 is 10.5 Å². The third-order valence-electron chi connectivity index (χ3n) is 3.13. The minimum absolute atomic E-state index is 0.0303. The fraction of sp³-hybridized carbons (Fsp3) is 0.500. The zero-order valence-corrected chi connectivity index (χ0v) is 12.0. The quantitative estimate of drug-likeness (QED) is 0.810. The van der Waals surface area contributed by atoms with Crippen LogP contribution in [0, 0.1) is 5.92 Å². The molecule has 0 bridgehead atoms. The summed E-state index contributed by atoms with van der Waals surface area (Å²) in [7, 11) is -3.61. The first-order valence-corrected chi connectivity index (χ1v) is 7.97. The Bertz CT molecular complexity index is 542. The van der Waals surface area contributed by atoms with Crippen LogP contribution >= 0.6 is 11.6 Å². The number of ether oxygens (including phenoxy) is 1. The van der Waals surface area contributed by atoms with E-state index in [1.807, 2.05) is 0 Å². The third kappa shape index (κ3) is 3.82. The maximum absolute atomic E-state index is 12.1. The maximum Gasteiger partial charge on any atom is 0.242 e. The highest BCUT2D eigenvalue weighted by atomic mass is 35.5. The van der Waals surface area contributed by atoms with Gasteiger partial charge in [-0.05, 0) is 37.0 Å². The molecule has 1 aromatic carbocycles. The predicted octanol–water partition coefficient (Wildman–Crippen LogP) is 1.63. The van der Waals surface area contributed by atoms with Crippen molar-refractivity contribution in [1.82, 2.24) is 4.72 Å². The second-order valence-electron chi connectivity index (χ2n) is 4.60. The SMILES string of the molecule is Nc1ccc(Cl)cc1S(=O)(=O)NCCC1CCOC1. The molecular formula is C12H17ClN2O3S. The number of rotatable bonds is 5. The normalized spacial score (nSPS) is 19.7. The summed E-state index contributed by atoms with van der Waals surface area (Å²) in [5.41, 5.74) is 5.87. The van der Waals surface area contributed by atoms with Crippen molar-refractivity contribution in [3.63, 3.8) is 0 Å². The summed E-state index contributed by atoms with van der Waals surface area (Å²) < 4.78 is 32.0. The molecule has 19 heavy (non-hydrogen) atoms. The van der Waals surface area contributed by atoms with Gasteiger partial charge in [-0.1, -0.05) is 11.6 Å². The number of sulfonamides is 1. The smallest absolute Gasteiger partial charge is 0.242 e. The number of hydrogen-bond acceptors (Lipinski definition) is 4. The van der Waals surface area contributed by atoms with Gasteiger partial charge in [-0.3, -0.25) is 0 Å². The van der Waals surface area contributed by atoms with Gasteiger partial charge in [0, 0.05) is 24.8 Å². The number of halogens is 1. The molecule has 1 heterocycles. The van der Waals surface area contributed by atoms with Crippen LogP contribution in [-0.4, -0.2) is 28.2 Å². The Labute approximate surface area is 118 Å². The van der Waals surface area contributed by atoms with E-state index in [0.29, 0.717) is 24.1 Å². The molecule has 1 fully saturated rings. The van der Waals surface area contributed by atoms with Crippen molar-refractivity contribution >= 4 is 27.3 Å². The van der Waals surface area contributed by atoms with Gasteiger partial charge in [0.2, 0.25) is 10.0 Å². The number of nitrogens with one attached hydrogen (secondary N) is 1. The number of nitrogens with two attached hydrogens (primary N) is 1. The van der Waals surface area contributed by atoms with Crippen LogP contribution in [0.1, 0.15) is 12.8 Å². The minimum Gasteiger partial charge on any atom is -0.398 e. The van der Waals surface area contributed by atoms with Gasteiger partial charge >= 0.3 is 0 Å². The molecule has 0 saturated carbocycles. The van der Waals surface area contributed by atoms with E-state index in [4.69, 9.17) is 22.1 Å². The largest absolute Gasteiger partial charge is 0.398 e. The van der Waals surface area contributed by atoms with E-state index < -0.39 is 10.0 Å². The molecular weight excluding hydrogens is 288 g/mol. The van der Waals surface area contributed by atoms with Crippen LogP contribution in [0.15, 0.2) is 23.1 Å². The first-order valence-electron chi connectivity index (χ1n) is 6.11. The minimum atomic E-state index is -3.61. The average molecular weight is 305 g/mol. The Morgan fingerprint density at radius 3 is 2.95 bits per heavy atom. The molecule has 1 atom stereocenters. The highest BCUT2D eigenvalue weighted by Crippen LogP contribution is 2.22. The van der Waals surface area contributed by atoms with E-state index in [0.717, 1.165) is 19.4 Å². The van der Waals surface area contributed by atoms with E-state index in [1.165, 1.54) is 12.1 Å². The summed E-state index contributed by atoms with van der Waals surface area (Å²) in [6.45, 7) is 1.85. The van der Waals surface area contributed by atoms with Crippen LogP contribution in [-0.2, 0) is 14.8 Å². The van der Waals surface area contributed by atoms with Crippen molar-refractivity contribution in [1.29, 1.82) is 0 Å². The Kier molecular flexibility index (Phi) is 4.67. The van der Waals surface area contributed by atoms with E-state index in [9.17, 15) is 8.42 Å². The fourth-order valence-corrected chi connectivity index (χ4v) is 3.47. The highest BCUT2D eigenvalue weighted by molar-refractivity contribution is 7.89. The molecule has 7 heteroatoms. The van der Waals surface area contributed by atoms with Gasteiger partial charge in [0.15, 0.2) is 0 Å². The molecule has 1 unspecified atom stereocenters. The van der Waals surface area contributed by atoms with Crippen molar-refractivity contribution in [3.05, 3.63) is 23.2 Å². The van der Waals surface area contributed by atoms with Gasteiger partial charge in [-0.2, -0.15) is 0 Å². The molecule has 1 aromatic rings. The molecule has 106 valence electrons. The molecule has 1 saturated heterocycles. The van der Waals surface area contributed by atoms with Crippen molar-refractivity contribution < 1.29 is 13.2 Å². The number of anilines is 1. The summed E-state index contributed by atoms with van der Waals surface area (Å²) in [5, 5.41) is 0.346. The molecule has 2 rings (SSSR count). The van der Waals surface area contributed by atoms with Crippen molar-refractivity contribution in [2.45, 2.75) is 17.7 Å². The average Bonchev–Trinajstić information content (AvgIpc) is 2.85. The molecule has 1 aliphatic heterocycles. The Hall–Kier alpha value is -0.820. The van der Waals surface area contributed by atoms with Crippen LogP contribution in [0.4, 0.5) is 5.69 Å². The van der Waals surface area contributed by atoms with Gasteiger partial charge in [0.05, 0.1) is 5.69 Å². The molecule has 0 radical (unpaired) electrons. The second-order valence-corrected chi connectivity index (χ2v) is 6.77. The van der Waals surface area contributed by atoms with Gasteiger partial charge in [-0.15, -0.1) is 0 Å². The summed E-state index contributed by atoms with van der Waals surface area (Å²) in [6, 6.07) is 4.41. The van der Waals surface area contributed by atoms with Crippen molar-refractivity contribution in [2.24, 2.45) is 5.92 Å². The Morgan fingerprint density at radius 1 is 1.47 bits per heavy atom. The molecule has 0 spiro atoms. The zero-order valence-electron chi connectivity index (χ0n) is 10.4. The van der Waals surface area contributed by atoms with Crippen LogP contribution in [0.5, 0.6) is 0 Å². The first kappa shape index (κ1) is 14.6. The molecule has 5 nitrogen and oxygen atoms in total. The topological polar surface area (TPSA) is 81.4 Å². The van der Waals surface area contributed by atoms with Gasteiger partial charge in [0.1, 0.15) is 4.90 Å². The van der Waals surface area contributed by atoms with Crippen molar-refractivity contribution in [2.75, 3.05) is 25.5 Å². The predicted molar refractivity (Wildman–Crippen MR) is 74.6 cm³/mol. The second kappa shape index (κ2) is 6.09. The van der Waals surface area contributed by atoms with E-state index in [-0.39, 0.29) is 10.6 Å². The van der Waals surface area contributed by atoms with Crippen LogP contribution in [0.25, 0.3) is 0 Å².